The van der Waals surface area contributed by atoms with Gasteiger partial charge < -0.3 is 14.7 Å². The molecule has 1 saturated carbocycles. The summed E-state index contributed by atoms with van der Waals surface area (Å²) in [6, 6.07) is 65.9. The Balaban J connectivity index is 1.15. The molecule has 3 nitrogen and oxygen atoms in total. The van der Waals surface area contributed by atoms with Crippen LogP contribution in [0.2, 0.25) is 0 Å². The van der Waals surface area contributed by atoms with Crippen LogP contribution in [-0.4, -0.2) is 12.3 Å². The highest BCUT2D eigenvalue weighted by Crippen LogP contribution is 2.67. The summed E-state index contributed by atoms with van der Waals surface area (Å²) in [7, 11) is 0. The van der Waals surface area contributed by atoms with Crippen molar-refractivity contribution in [1.82, 2.24) is 0 Å². The smallest absolute Gasteiger partial charge is 0.252 e. The third-order valence-corrected chi connectivity index (χ3v) is 17.8. The number of benzene rings is 8. The molecule has 0 bridgehead atoms. The van der Waals surface area contributed by atoms with Gasteiger partial charge in [-0.05, 0) is 170 Å². The second kappa shape index (κ2) is 16.4. The van der Waals surface area contributed by atoms with Gasteiger partial charge in [0.05, 0.1) is 11.2 Å². The van der Waals surface area contributed by atoms with Crippen LogP contribution in [0.5, 0.6) is 0 Å². The van der Waals surface area contributed by atoms with Gasteiger partial charge in [0.2, 0.25) is 0 Å². The molecule has 3 aliphatic heterocycles. The lowest BCUT2D eigenvalue weighted by molar-refractivity contribution is 0.330. The summed E-state index contributed by atoms with van der Waals surface area (Å²) >= 11 is 0. The third kappa shape index (κ3) is 7.44. The minimum Gasteiger partial charge on any atom is -0.334 e. The van der Waals surface area contributed by atoms with Gasteiger partial charge in [-0.25, -0.2) is 0 Å². The van der Waals surface area contributed by atoms with Crippen molar-refractivity contribution in [3.63, 3.8) is 0 Å². The van der Waals surface area contributed by atoms with Crippen molar-refractivity contribution in [2.75, 3.05) is 14.7 Å². The van der Waals surface area contributed by atoms with Gasteiger partial charge in [-0.15, -0.1) is 0 Å². The van der Waals surface area contributed by atoms with Crippen molar-refractivity contribution < 1.29 is 0 Å². The number of fused-ring (bicyclic) bond motifs is 7. The van der Waals surface area contributed by atoms with Gasteiger partial charge in [-0.2, -0.15) is 0 Å². The molecule has 0 saturated heterocycles. The van der Waals surface area contributed by atoms with E-state index in [1.807, 2.05) is 0 Å². The number of hydrogen-bond acceptors (Lipinski definition) is 3. The molecule has 12 rings (SSSR count). The zero-order valence-electron chi connectivity index (χ0n) is 46.5. The number of aryl methyl sites for hydroxylation is 1. The Morgan fingerprint density at radius 2 is 0.973 bits per heavy atom. The molecule has 1 aliphatic carbocycles. The van der Waals surface area contributed by atoms with E-state index in [0.29, 0.717) is 0 Å². The number of anilines is 8. The van der Waals surface area contributed by atoms with E-state index in [1.54, 1.807) is 0 Å². The highest BCUT2D eigenvalue weighted by Gasteiger charge is 2.64. The first-order chi connectivity index (χ1) is 34.9. The van der Waals surface area contributed by atoms with Gasteiger partial charge in [0.15, 0.2) is 0 Å². The summed E-state index contributed by atoms with van der Waals surface area (Å²) in [4.78, 5) is 8.01. The SMILES string of the molecule is Cc1cc2c3c(c1)N(c1ccc(C(C)(C)C)cc1-c1ccccc1)c1ccc(-c4ccccc4)cc1B3c1ccc(N3c4ccc(C(C)(C)C)cc4C4(C)CC(C)(C)CC34C)cc1N2c1ccc(C(C)(C)C)cc1. The van der Waals surface area contributed by atoms with Crippen LogP contribution in [0.1, 0.15) is 131 Å². The molecule has 0 amide bonds. The van der Waals surface area contributed by atoms with E-state index in [1.165, 1.54) is 112 Å². The third-order valence-electron chi connectivity index (χ3n) is 17.8. The normalized spacial score (nSPS) is 19.5. The zero-order valence-corrected chi connectivity index (χ0v) is 46.5. The molecule has 0 spiro atoms. The second-order valence-electron chi connectivity index (χ2n) is 26.8. The molecule has 4 heteroatoms. The fourth-order valence-corrected chi connectivity index (χ4v) is 14.1. The van der Waals surface area contributed by atoms with Crippen LogP contribution in [0.15, 0.2) is 170 Å². The molecule has 8 aromatic carbocycles. The molecule has 74 heavy (non-hydrogen) atoms. The first-order valence-corrected chi connectivity index (χ1v) is 27.3. The molecule has 8 aromatic rings. The highest BCUT2D eigenvalue weighted by atomic mass is 15.3. The molecule has 3 heterocycles. The molecule has 1 fully saturated rings. The molecule has 0 radical (unpaired) electrons. The summed E-state index contributed by atoms with van der Waals surface area (Å²) in [6.07, 6.45) is 2.25. The van der Waals surface area contributed by atoms with Gasteiger partial charge in [0.1, 0.15) is 0 Å². The number of rotatable bonds is 5. The fraction of sp³-hybridized carbons (Fsp3) is 0.314. The fourth-order valence-electron chi connectivity index (χ4n) is 14.1. The van der Waals surface area contributed by atoms with Crippen molar-refractivity contribution >= 4 is 68.6 Å². The van der Waals surface area contributed by atoms with Gasteiger partial charge in [-0.3, -0.25) is 0 Å². The maximum Gasteiger partial charge on any atom is 0.252 e. The predicted molar refractivity (Wildman–Crippen MR) is 320 cm³/mol. The molecule has 4 aliphatic rings. The molecule has 2 unspecified atom stereocenters. The molecular weight excluding hydrogens is 894 g/mol. The van der Waals surface area contributed by atoms with Crippen LogP contribution in [0.25, 0.3) is 22.3 Å². The summed E-state index contributed by atoms with van der Waals surface area (Å²) < 4.78 is 0. The minimum absolute atomic E-state index is 0.0198. The quantitative estimate of drug-likeness (QED) is 0.159. The Morgan fingerprint density at radius 1 is 0.419 bits per heavy atom. The van der Waals surface area contributed by atoms with Crippen LogP contribution in [0.4, 0.5) is 45.5 Å². The number of hydrogen-bond donors (Lipinski definition) is 0. The largest absolute Gasteiger partial charge is 0.334 e. The van der Waals surface area contributed by atoms with Crippen LogP contribution in [-0.2, 0) is 21.7 Å². The van der Waals surface area contributed by atoms with Crippen molar-refractivity contribution in [1.29, 1.82) is 0 Å². The van der Waals surface area contributed by atoms with E-state index >= 15 is 0 Å². The average molecular weight is 968 g/mol. The monoisotopic (exact) mass is 968 g/mol. The van der Waals surface area contributed by atoms with E-state index in [4.69, 9.17) is 0 Å². The summed E-state index contributed by atoms with van der Waals surface area (Å²) in [5.41, 5.74) is 25.6. The Kier molecular flexibility index (Phi) is 10.7. The van der Waals surface area contributed by atoms with Crippen LogP contribution < -0.4 is 31.1 Å². The summed E-state index contributed by atoms with van der Waals surface area (Å²) in [5.74, 6) is 0. The molecule has 0 N–H and O–H groups in total. The van der Waals surface area contributed by atoms with Gasteiger partial charge in [0, 0.05) is 50.8 Å². The maximum atomic E-state index is 2.78. The lowest BCUT2D eigenvalue weighted by Gasteiger charge is -2.46. The molecule has 2 atom stereocenters. The second-order valence-corrected chi connectivity index (χ2v) is 26.8. The Bertz CT molecular complexity index is 3530. The summed E-state index contributed by atoms with van der Waals surface area (Å²) in [5, 5.41) is 0. The first kappa shape index (κ1) is 48.2. The van der Waals surface area contributed by atoms with E-state index < -0.39 is 0 Å². The van der Waals surface area contributed by atoms with Gasteiger partial charge in [0.25, 0.3) is 6.71 Å². The van der Waals surface area contributed by atoms with Crippen molar-refractivity contribution in [3.05, 3.63) is 198 Å². The van der Waals surface area contributed by atoms with Gasteiger partial charge in [-0.1, -0.05) is 192 Å². The average Bonchev–Trinajstić information content (AvgIpc) is 3.68. The molecular formula is C70H74BN3. The predicted octanol–water partition coefficient (Wildman–Crippen LogP) is 17.3. The Morgan fingerprint density at radius 3 is 1.61 bits per heavy atom. The van der Waals surface area contributed by atoms with E-state index in [2.05, 4.69) is 281 Å². The lowest BCUT2D eigenvalue weighted by atomic mass is 9.33. The lowest BCUT2D eigenvalue weighted by Crippen LogP contribution is -2.61. The van der Waals surface area contributed by atoms with Crippen molar-refractivity contribution in [2.24, 2.45) is 5.41 Å². The first-order valence-electron chi connectivity index (χ1n) is 27.3. The van der Waals surface area contributed by atoms with Crippen LogP contribution in [0, 0.1) is 12.3 Å². The Hall–Kier alpha value is -6.78. The summed E-state index contributed by atoms with van der Waals surface area (Å²) in [6.45, 7) is 33.4. The van der Waals surface area contributed by atoms with E-state index in [0.717, 1.165) is 12.8 Å². The van der Waals surface area contributed by atoms with Crippen LogP contribution >= 0.6 is 0 Å². The maximum absolute atomic E-state index is 2.78. The standard InChI is InChI=1S/C70H74BN3/c1-45-37-62-64-63(38-45)73(58-35-28-50(66(5,6)7)40-54(58)47-23-19-16-20-24-47)60-34-25-48(46-21-17-15-18-22-46)39-57(60)71(64)56-33-32-53(42-61(56)72(62)52-30-26-49(27-31-52)65(2,3)4)74-59-36-29-51(67(8,9)10)41-55(59)69(13)43-68(11,12)44-70(69,74)14/h15-42H,43-44H2,1-14H3. The van der Waals surface area contributed by atoms with Crippen molar-refractivity contribution in [2.45, 2.75) is 137 Å². The zero-order chi connectivity index (χ0) is 52.1. The van der Waals surface area contributed by atoms with E-state index in [9.17, 15) is 0 Å². The van der Waals surface area contributed by atoms with E-state index in [-0.39, 0.29) is 39.3 Å². The van der Waals surface area contributed by atoms with Gasteiger partial charge >= 0.3 is 0 Å². The molecule has 372 valence electrons. The minimum atomic E-state index is -0.138. The topological polar surface area (TPSA) is 9.72 Å². The van der Waals surface area contributed by atoms with Crippen molar-refractivity contribution in [3.8, 4) is 22.3 Å². The van der Waals surface area contributed by atoms with Crippen LogP contribution in [0.3, 0.4) is 0 Å². The molecule has 0 aromatic heterocycles. The Labute approximate surface area is 443 Å². The highest BCUT2D eigenvalue weighted by molar-refractivity contribution is 7.00. The number of nitrogens with zero attached hydrogens (tertiary/aromatic N) is 3.